The first-order chi connectivity index (χ1) is 3.80. The summed E-state index contributed by atoms with van der Waals surface area (Å²) in [7, 11) is 0. The van der Waals surface area contributed by atoms with Crippen LogP contribution in [0.2, 0.25) is 0 Å². The van der Waals surface area contributed by atoms with Crippen molar-refractivity contribution in [3.05, 3.63) is 24.2 Å². The summed E-state index contributed by atoms with van der Waals surface area (Å²) in [6.45, 7) is 1.47. The molecule has 0 N–H and O–H groups in total. The summed E-state index contributed by atoms with van der Waals surface area (Å²) >= 11 is 0. The number of furan rings is 1. The van der Waals surface area contributed by atoms with Crippen molar-refractivity contribution >= 4 is 5.78 Å². The van der Waals surface area contributed by atoms with Gasteiger partial charge in [0.2, 0.25) is 0 Å². The van der Waals surface area contributed by atoms with Gasteiger partial charge in [0, 0.05) is 6.92 Å². The van der Waals surface area contributed by atoms with Gasteiger partial charge in [-0.25, -0.2) is 0 Å². The van der Waals surface area contributed by atoms with Crippen LogP contribution >= 0.6 is 0 Å². The first kappa shape index (κ1) is 13.5. The van der Waals surface area contributed by atoms with Gasteiger partial charge in [0.15, 0.2) is 11.5 Å². The molecule has 0 saturated heterocycles. The van der Waals surface area contributed by atoms with Crippen molar-refractivity contribution in [3.8, 4) is 0 Å². The van der Waals surface area contributed by atoms with E-state index in [-0.39, 0.29) is 67.8 Å². The fourth-order valence-corrected chi connectivity index (χ4v) is 0.479. The van der Waals surface area contributed by atoms with Gasteiger partial charge in [-0.15, -0.1) is 0 Å². The van der Waals surface area contributed by atoms with E-state index in [0.29, 0.717) is 5.76 Å². The van der Waals surface area contributed by atoms with Crippen LogP contribution in [0.15, 0.2) is 22.8 Å². The zero-order valence-corrected chi connectivity index (χ0v) is 10.5. The molecule has 10 heavy (non-hydrogen) atoms. The molecular weight excluding hydrogens is 150 g/mol. The predicted octanol–water partition coefficient (Wildman–Crippen LogP) is -4.28. The number of hydrogen-bond donors (Lipinski definition) is 0. The normalized spacial score (nSPS) is 7.30. The molecule has 4 heteroatoms. The van der Waals surface area contributed by atoms with Gasteiger partial charge in [0.05, 0.1) is 6.26 Å². The molecule has 0 amide bonds. The van der Waals surface area contributed by atoms with Gasteiger partial charge in [0.1, 0.15) is 0 Å². The van der Waals surface area contributed by atoms with E-state index in [1.165, 1.54) is 13.2 Å². The summed E-state index contributed by atoms with van der Waals surface area (Å²) in [5.41, 5.74) is 0. The Hall–Kier alpha value is 0.950. The van der Waals surface area contributed by atoms with E-state index in [4.69, 9.17) is 4.42 Å². The van der Waals surface area contributed by atoms with Crippen molar-refractivity contribution in [3.63, 3.8) is 0 Å². The van der Waals surface area contributed by atoms with Crippen LogP contribution in [0.1, 0.15) is 20.3 Å². The molecule has 1 rings (SSSR count). The quantitative estimate of drug-likeness (QED) is 0.306. The van der Waals surface area contributed by atoms with Crippen molar-refractivity contribution in [1.82, 2.24) is 0 Å². The van der Waals surface area contributed by atoms with Crippen molar-refractivity contribution in [2.75, 3.05) is 0 Å². The van der Waals surface area contributed by atoms with Crippen LogP contribution in [0.3, 0.4) is 0 Å². The Kier molecular flexibility index (Phi) is 9.00. The van der Waals surface area contributed by atoms with E-state index in [2.05, 4.69) is 0 Å². The SMILES string of the molecule is CC(=O)c1ccco1.[H-].[H-].[Na+].[Na+]. The number of ketones is 1. The van der Waals surface area contributed by atoms with Crippen molar-refractivity contribution < 1.29 is 71.2 Å². The van der Waals surface area contributed by atoms with E-state index in [0.717, 1.165) is 0 Å². The van der Waals surface area contributed by atoms with Crippen LogP contribution in [0.5, 0.6) is 0 Å². The zero-order valence-electron chi connectivity index (χ0n) is 8.55. The maximum Gasteiger partial charge on any atom is 1.00 e. The molecule has 0 aromatic carbocycles. The van der Waals surface area contributed by atoms with Crippen molar-refractivity contribution in [2.45, 2.75) is 6.92 Å². The standard InChI is InChI=1S/C6H6O2.2Na.2H/c1-5(7)6-3-2-4-8-6;;;;/h2-4H,1H3;;;;/q;2*+1;2*-1. The zero-order chi connectivity index (χ0) is 5.98. The van der Waals surface area contributed by atoms with Crippen LogP contribution < -0.4 is 59.1 Å². The molecular formula is C6H8Na2O2. The maximum absolute atomic E-state index is 10.4. The third-order valence-corrected chi connectivity index (χ3v) is 0.868. The summed E-state index contributed by atoms with van der Waals surface area (Å²) in [6, 6.07) is 3.33. The Bertz CT molecular complexity index is 189. The smallest absolute Gasteiger partial charge is 1.00 e. The minimum atomic E-state index is -0.0324. The summed E-state index contributed by atoms with van der Waals surface area (Å²) in [5.74, 6) is 0.389. The summed E-state index contributed by atoms with van der Waals surface area (Å²) in [4.78, 5) is 10.4. The molecule has 1 aromatic rings. The fraction of sp³-hybridized carbons (Fsp3) is 0.167. The average molecular weight is 158 g/mol. The van der Waals surface area contributed by atoms with E-state index >= 15 is 0 Å². The number of carbonyl (C=O) groups is 1. The second kappa shape index (κ2) is 6.65. The Morgan fingerprint density at radius 3 is 2.40 bits per heavy atom. The molecule has 0 aliphatic heterocycles. The van der Waals surface area contributed by atoms with Gasteiger partial charge in [-0.2, -0.15) is 0 Å². The summed E-state index contributed by atoms with van der Waals surface area (Å²) < 4.78 is 4.75. The molecule has 0 unspecified atom stereocenters. The second-order valence-corrected chi connectivity index (χ2v) is 1.53. The Morgan fingerprint density at radius 2 is 2.20 bits per heavy atom. The van der Waals surface area contributed by atoms with Gasteiger partial charge in [-0.05, 0) is 12.1 Å². The molecule has 1 heterocycles. The van der Waals surface area contributed by atoms with Gasteiger partial charge in [-0.3, -0.25) is 4.79 Å². The first-order valence-electron chi connectivity index (χ1n) is 2.35. The van der Waals surface area contributed by atoms with E-state index in [1.54, 1.807) is 12.1 Å². The van der Waals surface area contributed by atoms with Crippen LogP contribution in [0.25, 0.3) is 0 Å². The third-order valence-electron chi connectivity index (χ3n) is 0.868. The predicted molar refractivity (Wildman–Crippen MR) is 30.9 cm³/mol. The molecule has 46 valence electrons. The molecule has 0 fully saturated rings. The third kappa shape index (κ3) is 3.96. The number of Topliss-reactive ketones (excluding diaryl/α,β-unsaturated/α-hetero) is 1. The largest absolute Gasteiger partial charge is 1.00 e. The van der Waals surface area contributed by atoms with Gasteiger partial charge < -0.3 is 7.27 Å². The molecule has 0 spiro atoms. The summed E-state index contributed by atoms with van der Waals surface area (Å²) in [5, 5.41) is 0. The minimum absolute atomic E-state index is 0. The summed E-state index contributed by atoms with van der Waals surface area (Å²) in [6.07, 6.45) is 1.48. The van der Waals surface area contributed by atoms with Gasteiger partial charge in [0.25, 0.3) is 0 Å². The van der Waals surface area contributed by atoms with Crippen molar-refractivity contribution in [2.24, 2.45) is 0 Å². The van der Waals surface area contributed by atoms with Crippen LogP contribution in [-0.4, -0.2) is 5.78 Å². The second-order valence-electron chi connectivity index (χ2n) is 1.53. The van der Waals surface area contributed by atoms with Gasteiger partial charge >= 0.3 is 59.1 Å². The minimum Gasteiger partial charge on any atom is -1.00 e. The Balaban J connectivity index is -0.0000000800. The molecule has 0 bridgehead atoms. The molecule has 0 radical (unpaired) electrons. The van der Waals surface area contributed by atoms with E-state index in [1.807, 2.05) is 0 Å². The van der Waals surface area contributed by atoms with E-state index in [9.17, 15) is 4.79 Å². The van der Waals surface area contributed by atoms with Gasteiger partial charge in [-0.1, -0.05) is 0 Å². The number of rotatable bonds is 1. The molecule has 2 nitrogen and oxygen atoms in total. The number of carbonyl (C=O) groups excluding carboxylic acids is 1. The molecule has 0 atom stereocenters. The topological polar surface area (TPSA) is 30.2 Å². The molecule has 1 aromatic heterocycles. The Morgan fingerprint density at radius 1 is 1.60 bits per heavy atom. The monoisotopic (exact) mass is 158 g/mol. The molecule has 0 aliphatic rings. The van der Waals surface area contributed by atoms with E-state index < -0.39 is 0 Å². The Labute approximate surface area is 107 Å². The van der Waals surface area contributed by atoms with Crippen LogP contribution in [-0.2, 0) is 0 Å². The molecule has 0 aliphatic carbocycles. The van der Waals surface area contributed by atoms with Crippen LogP contribution in [0, 0.1) is 0 Å². The number of hydrogen-bond acceptors (Lipinski definition) is 2. The van der Waals surface area contributed by atoms with Crippen molar-refractivity contribution in [1.29, 1.82) is 0 Å². The molecule has 0 saturated carbocycles. The first-order valence-corrected chi connectivity index (χ1v) is 2.35. The average Bonchev–Trinajstić information content (AvgIpc) is 2.12. The maximum atomic E-state index is 10.4. The fourth-order valence-electron chi connectivity index (χ4n) is 0.479. The van der Waals surface area contributed by atoms with Crippen LogP contribution in [0.4, 0.5) is 0 Å².